The van der Waals surface area contributed by atoms with Crippen molar-refractivity contribution < 1.29 is 4.79 Å². The summed E-state index contributed by atoms with van der Waals surface area (Å²) in [6.45, 7) is 0. The maximum absolute atomic E-state index is 13.0. The van der Waals surface area contributed by atoms with Crippen molar-refractivity contribution in [3.05, 3.63) is 70.9 Å². The van der Waals surface area contributed by atoms with E-state index in [0.29, 0.717) is 16.6 Å². The molecule has 0 N–H and O–H groups in total. The third kappa shape index (κ3) is 2.57. The van der Waals surface area contributed by atoms with Gasteiger partial charge in [0.1, 0.15) is 0 Å². The molecule has 1 saturated carbocycles. The molecular weight excluding hydrogens is 306 g/mol. The number of rotatable bonds is 3. The number of carbonyl (C=O) groups excluding carboxylic acids is 1. The molecule has 1 heterocycles. The van der Waals surface area contributed by atoms with Crippen molar-refractivity contribution in [1.82, 2.24) is 4.57 Å². The number of ketones is 1. The summed E-state index contributed by atoms with van der Waals surface area (Å²) in [6, 6.07) is 15.9. The standard InChI is InChI=1S/C20H18ClNO/c21-15-7-5-6-14(12-15)20(23)18-13-22(16-8-1-2-9-16)19-11-4-3-10-17(18)19/h3-7,10-13,16H,1-2,8-9H2. The molecule has 4 rings (SSSR count). The highest BCUT2D eigenvalue weighted by atomic mass is 35.5. The van der Waals surface area contributed by atoms with Gasteiger partial charge in [-0.3, -0.25) is 4.79 Å². The minimum Gasteiger partial charge on any atom is -0.344 e. The average Bonchev–Trinajstić information content (AvgIpc) is 3.21. The second-order valence-electron chi connectivity index (χ2n) is 6.24. The molecule has 2 nitrogen and oxygen atoms in total. The molecule has 1 aliphatic carbocycles. The van der Waals surface area contributed by atoms with Crippen LogP contribution in [-0.4, -0.2) is 10.4 Å². The molecule has 0 unspecified atom stereocenters. The van der Waals surface area contributed by atoms with E-state index >= 15 is 0 Å². The Balaban J connectivity index is 1.85. The zero-order valence-corrected chi connectivity index (χ0v) is 13.6. The number of hydrogen-bond acceptors (Lipinski definition) is 1. The van der Waals surface area contributed by atoms with E-state index in [4.69, 9.17) is 11.6 Å². The average molecular weight is 324 g/mol. The lowest BCUT2D eigenvalue weighted by Gasteiger charge is -2.12. The van der Waals surface area contributed by atoms with Gasteiger partial charge < -0.3 is 4.57 Å². The third-order valence-corrected chi connectivity index (χ3v) is 5.03. The summed E-state index contributed by atoms with van der Waals surface area (Å²) >= 11 is 6.05. The van der Waals surface area contributed by atoms with E-state index < -0.39 is 0 Å². The van der Waals surface area contributed by atoms with Crippen LogP contribution in [0.2, 0.25) is 5.02 Å². The van der Waals surface area contributed by atoms with E-state index in [1.807, 2.05) is 36.5 Å². The largest absolute Gasteiger partial charge is 0.344 e. The fourth-order valence-corrected chi connectivity index (χ4v) is 3.85. The zero-order valence-electron chi connectivity index (χ0n) is 12.8. The summed E-state index contributed by atoms with van der Waals surface area (Å²) in [6.07, 6.45) is 6.99. The number of hydrogen-bond donors (Lipinski definition) is 0. The van der Waals surface area contributed by atoms with Crippen molar-refractivity contribution in [3.63, 3.8) is 0 Å². The number of nitrogens with zero attached hydrogens (tertiary/aromatic N) is 1. The lowest BCUT2D eigenvalue weighted by molar-refractivity contribution is 0.104. The third-order valence-electron chi connectivity index (χ3n) is 4.79. The van der Waals surface area contributed by atoms with Gasteiger partial charge in [0, 0.05) is 39.3 Å². The maximum Gasteiger partial charge on any atom is 0.195 e. The summed E-state index contributed by atoms with van der Waals surface area (Å²) in [4.78, 5) is 13.0. The van der Waals surface area contributed by atoms with Crippen LogP contribution in [0.1, 0.15) is 47.6 Å². The van der Waals surface area contributed by atoms with Crippen LogP contribution in [0.4, 0.5) is 0 Å². The molecule has 1 aromatic heterocycles. The van der Waals surface area contributed by atoms with E-state index in [2.05, 4.69) is 10.6 Å². The molecule has 0 aliphatic heterocycles. The summed E-state index contributed by atoms with van der Waals surface area (Å²) in [7, 11) is 0. The molecule has 0 radical (unpaired) electrons. The first-order valence-corrected chi connectivity index (χ1v) is 8.51. The fraction of sp³-hybridized carbons (Fsp3) is 0.250. The van der Waals surface area contributed by atoms with Crippen LogP contribution in [0.5, 0.6) is 0 Å². The van der Waals surface area contributed by atoms with Gasteiger partial charge in [-0.15, -0.1) is 0 Å². The monoisotopic (exact) mass is 323 g/mol. The van der Waals surface area contributed by atoms with Gasteiger partial charge in [-0.05, 0) is 31.0 Å². The van der Waals surface area contributed by atoms with Gasteiger partial charge in [0.05, 0.1) is 0 Å². The molecule has 0 spiro atoms. The molecule has 1 fully saturated rings. The van der Waals surface area contributed by atoms with Gasteiger partial charge in [-0.1, -0.05) is 54.8 Å². The smallest absolute Gasteiger partial charge is 0.195 e. The van der Waals surface area contributed by atoms with Crippen molar-refractivity contribution in [1.29, 1.82) is 0 Å². The van der Waals surface area contributed by atoms with E-state index in [1.165, 1.54) is 25.7 Å². The molecule has 0 saturated heterocycles. The first kappa shape index (κ1) is 14.5. The van der Waals surface area contributed by atoms with Gasteiger partial charge in [-0.25, -0.2) is 0 Å². The molecule has 116 valence electrons. The van der Waals surface area contributed by atoms with Crippen LogP contribution in [-0.2, 0) is 0 Å². The van der Waals surface area contributed by atoms with Crippen molar-refractivity contribution in [3.8, 4) is 0 Å². The van der Waals surface area contributed by atoms with Crippen molar-refractivity contribution in [2.45, 2.75) is 31.7 Å². The van der Waals surface area contributed by atoms with Crippen molar-refractivity contribution >= 4 is 28.3 Å². The molecule has 3 heteroatoms. The van der Waals surface area contributed by atoms with Crippen molar-refractivity contribution in [2.75, 3.05) is 0 Å². The van der Waals surface area contributed by atoms with Gasteiger partial charge in [0.15, 0.2) is 5.78 Å². The zero-order chi connectivity index (χ0) is 15.8. The lowest BCUT2D eigenvalue weighted by atomic mass is 10.0. The highest BCUT2D eigenvalue weighted by molar-refractivity contribution is 6.31. The van der Waals surface area contributed by atoms with E-state index in [9.17, 15) is 4.79 Å². The lowest BCUT2D eigenvalue weighted by Crippen LogP contribution is -2.04. The molecule has 1 aliphatic rings. The Bertz CT molecular complexity index is 874. The van der Waals surface area contributed by atoms with Gasteiger partial charge in [0.2, 0.25) is 0 Å². The molecule has 3 aromatic rings. The maximum atomic E-state index is 13.0. The summed E-state index contributed by atoms with van der Waals surface area (Å²) < 4.78 is 2.31. The Labute approximate surface area is 140 Å². The van der Waals surface area contributed by atoms with Gasteiger partial charge >= 0.3 is 0 Å². The van der Waals surface area contributed by atoms with Crippen LogP contribution < -0.4 is 0 Å². The predicted octanol–water partition coefficient (Wildman–Crippen LogP) is 5.64. The van der Waals surface area contributed by atoms with Crippen LogP contribution in [0, 0.1) is 0 Å². The first-order chi connectivity index (χ1) is 11.2. The number of halogens is 1. The molecular formula is C20H18ClNO. The van der Waals surface area contributed by atoms with E-state index in [0.717, 1.165) is 16.5 Å². The number of carbonyl (C=O) groups is 1. The fourth-order valence-electron chi connectivity index (χ4n) is 3.66. The molecule has 0 amide bonds. The van der Waals surface area contributed by atoms with Crippen LogP contribution in [0.15, 0.2) is 54.7 Å². The number of benzene rings is 2. The normalized spacial score (nSPS) is 15.3. The highest BCUT2D eigenvalue weighted by Gasteiger charge is 2.22. The molecule has 0 bridgehead atoms. The van der Waals surface area contributed by atoms with E-state index in [-0.39, 0.29) is 5.78 Å². The predicted molar refractivity (Wildman–Crippen MR) is 94.3 cm³/mol. The van der Waals surface area contributed by atoms with E-state index in [1.54, 1.807) is 12.1 Å². The SMILES string of the molecule is O=C(c1cccc(Cl)c1)c1cn(C2CCCC2)c2ccccc12. The Kier molecular flexibility index (Phi) is 3.70. The Morgan fingerprint density at radius 2 is 1.83 bits per heavy atom. The van der Waals surface area contributed by atoms with Crippen molar-refractivity contribution in [2.24, 2.45) is 0 Å². The summed E-state index contributed by atoms with van der Waals surface area (Å²) in [5, 5.41) is 1.62. The minimum absolute atomic E-state index is 0.0421. The Hall–Kier alpha value is -2.06. The summed E-state index contributed by atoms with van der Waals surface area (Å²) in [5.41, 5.74) is 2.58. The topological polar surface area (TPSA) is 22.0 Å². The second-order valence-corrected chi connectivity index (χ2v) is 6.68. The first-order valence-electron chi connectivity index (χ1n) is 8.14. The highest BCUT2D eigenvalue weighted by Crippen LogP contribution is 2.35. The van der Waals surface area contributed by atoms with Crippen LogP contribution in [0.25, 0.3) is 10.9 Å². The Morgan fingerprint density at radius 1 is 1.04 bits per heavy atom. The molecule has 2 aromatic carbocycles. The van der Waals surface area contributed by atoms with Crippen LogP contribution >= 0.6 is 11.6 Å². The van der Waals surface area contributed by atoms with Gasteiger partial charge in [-0.2, -0.15) is 0 Å². The summed E-state index contributed by atoms with van der Waals surface area (Å²) in [5.74, 6) is 0.0421. The second kappa shape index (κ2) is 5.86. The molecule has 23 heavy (non-hydrogen) atoms. The molecule has 0 atom stereocenters. The number of fused-ring (bicyclic) bond motifs is 1. The minimum atomic E-state index is 0.0421. The Morgan fingerprint density at radius 3 is 2.61 bits per heavy atom. The van der Waals surface area contributed by atoms with Gasteiger partial charge in [0.25, 0.3) is 0 Å². The van der Waals surface area contributed by atoms with Crippen LogP contribution in [0.3, 0.4) is 0 Å². The number of aromatic nitrogens is 1. The number of para-hydroxylation sites is 1. The quantitative estimate of drug-likeness (QED) is 0.572.